The summed E-state index contributed by atoms with van der Waals surface area (Å²) in [5.74, 6) is -0.675. The largest absolute Gasteiger partial charge is 0.491 e. The fourth-order valence-corrected chi connectivity index (χ4v) is 2.96. The lowest BCUT2D eigenvalue weighted by Crippen LogP contribution is -2.14. The first kappa shape index (κ1) is 23.2. The molecule has 0 radical (unpaired) electrons. The number of amides is 2. The van der Waals surface area contributed by atoms with Crippen LogP contribution in [0.4, 0.5) is 15.8 Å². The number of rotatable bonds is 9. The molecule has 0 saturated heterocycles. The molecule has 0 atom stereocenters. The van der Waals surface area contributed by atoms with Gasteiger partial charge in [0.1, 0.15) is 18.2 Å². The van der Waals surface area contributed by atoms with E-state index in [1.165, 1.54) is 18.2 Å². The molecular formula is C24H22ClFN2O4. The van der Waals surface area contributed by atoms with Crippen molar-refractivity contribution < 1.29 is 23.5 Å². The lowest BCUT2D eigenvalue weighted by molar-refractivity contribution is 0.101. The molecule has 0 spiro atoms. The zero-order chi connectivity index (χ0) is 22.9. The second-order valence-electron chi connectivity index (χ2n) is 6.69. The van der Waals surface area contributed by atoms with Crippen molar-refractivity contribution in [3.05, 3.63) is 88.7 Å². The third-order valence-corrected chi connectivity index (χ3v) is 4.67. The summed E-state index contributed by atoms with van der Waals surface area (Å²) in [6.07, 6.45) is 0. The Morgan fingerprint density at radius 3 is 2.25 bits per heavy atom. The lowest BCUT2D eigenvalue weighted by atomic mass is 10.1. The van der Waals surface area contributed by atoms with Gasteiger partial charge in [-0.1, -0.05) is 17.7 Å². The Hall–Kier alpha value is -3.42. The molecule has 8 heteroatoms. The van der Waals surface area contributed by atoms with Crippen molar-refractivity contribution in [2.24, 2.45) is 0 Å². The number of carbonyl (C=O) groups excluding carboxylic acids is 2. The summed E-state index contributed by atoms with van der Waals surface area (Å²) in [6.45, 7) is 3.47. The molecule has 0 aliphatic heterocycles. The number of halogens is 2. The van der Waals surface area contributed by atoms with E-state index in [1.54, 1.807) is 48.5 Å². The van der Waals surface area contributed by atoms with E-state index in [9.17, 15) is 14.0 Å². The number of hydrogen-bond acceptors (Lipinski definition) is 4. The average Bonchev–Trinajstić information content (AvgIpc) is 2.80. The first-order chi connectivity index (χ1) is 15.5. The molecule has 0 aromatic heterocycles. The fourth-order valence-electron chi connectivity index (χ4n) is 2.78. The maximum atomic E-state index is 13.3. The van der Waals surface area contributed by atoms with Crippen LogP contribution in [0, 0.1) is 5.82 Å². The monoisotopic (exact) mass is 456 g/mol. The number of hydrogen-bond donors (Lipinski definition) is 2. The molecule has 3 aromatic carbocycles. The van der Waals surface area contributed by atoms with Gasteiger partial charge in [0.05, 0.1) is 11.6 Å². The van der Waals surface area contributed by atoms with Crippen LogP contribution in [-0.2, 0) is 4.74 Å². The van der Waals surface area contributed by atoms with Gasteiger partial charge in [-0.3, -0.25) is 9.59 Å². The highest BCUT2D eigenvalue weighted by Crippen LogP contribution is 2.21. The van der Waals surface area contributed by atoms with Gasteiger partial charge in [-0.2, -0.15) is 0 Å². The maximum absolute atomic E-state index is 13.3. The molecule has 0 bridgehead atoms. The van der Waals surface area contributed by atoms with Crippen molar-refractivity contribution in [2.45, 2.75) is 6.92 Å². The molecule has 0 heterocycles. The van der Waals surface area contributed by atoms with Crippen LogP contribution in [0.3, 0.4) is 0 Å². The molecule has 3 aromatic rings. The highest BCUT2D eigenvalue weighted by Gasteiger charge is 2.11. The van der Waals surface area contributed by atoms with Crippen molar-refractivity contribution in [3.8, 4) is 5.75 Å². The van der Waals surface area contributed by atoms with Crippen molar-refractivity contribution in [3.63, 3.8) is 0 Å². The fraction of sp³-hybridized carbons (Fsp3) is 0.167. The van der Waals surface area contributed by atoms with Crippen LogP contribution in [0.25, 0.3) is 0 Å². The Kier molecular flexibility index (Phi) is 8.19. The van der Waals surface area contributed by atoms with Crippen molar-refractivity contribution in [2.75, 3.05) is 30.5 Å². The molecule has 0 unspecified atom stereocenters. The molecule has 0 fully saturated rings. The molecule has 0 aliphatic rings. The first-order valence-electron chi connectivity index (χ1n) is 9.94. The molecule has 0 aliphatic carbocycles. The van der Waals surface area contributed by atoms with Crippen molar-refractivity contribution in [1.82, 2.24) is 0 Å². The van der Waals surface area contributed by atoms with Crippen molar-refractivity contribution >= 4 is 34.8 Å². The lowest BCUT2D eigenvalue weighted by Gasteiger charge is -2.10. The second-order valence-corrected chi connectivity index (χ2v) is 7.09. The minimum Gasteiger partial charge on any atom is -0.491 e. The van der Waals surface area contributed by atoms with Gasteiger partial charge in [-0.05, 0) is 67.6 Å². The minimum absolute atomic E-state index is 0.0884. The van der Waals surface area contributed by atoms with Crippen LogP contribution in [0.1, 0.15) is 27.6 Å². The van der Waals surface area contributed by atoms with Crippen molar-refractivity contribution in [1.29, 1.82) is 0 Å². The quantitative estimate of drug-likeness (QED) is 0.423. The normalized spacial score (nSPS) is 10.5. The Morgan fingerprint density at radius 1 is 0.875 bits per heavy atom. The standard InChI is InChI=1S/C24H22ClFN2O4/c1-2-31-12-13-32-20-9-6-16(7-10-20)23(29)27-18-5-3-4-17(14-18)24(30)28-19-8-11-22(26)21(25)15-19/h3-11,14-15H,2,12-13H2,1H3,(H,27,29)(H,28,30). The van der Waals surface area contributed by atoms with Gasteiger partial charge < -0.3 is 20.1 Å². The molecule has 3 rings (SSSR count). The van der Waals surface area contributed by atoms with E-state index in [2.05, 4.69) is 10.6 Å². The predicted molar refractivity (Wildman–Crippen MR) is 122 cm³/mol. The summed E-state index contributed by atoms with van der Waals surface area (Å²) in [7, 11) is 0. The summed E-state index contributed by atoms with van der Waals surface area (Å²) >= 11 is 5.74. The number of carbonyl (C=O) groups is 2. The number of ether oxygens (including phenoxy) is 2. The summed E-state index contributed by atoms with van der Waals surface area (Å²) < 4.78 is 24.0. The summed E-state index contributed by atoms with van der Waals surface area (Å²) in [6, 6.07) is 17.1. The topological polar surface area (TPSA) is 76.7 Å². The average molecular weight is 457 g/mol. The highest BCUT2D eigenvalue weighted by atomic mass is 35.5. The van der Waals surface area contributed by atoms with E-state index in [0.29, 0.717) is 48.1 Å². The number of benzene rings is 3. The molecular weight excluding hydrogens is 435 g/mol. The van der Waals surface area contributed by atoms with Crippen LogP contribution in [0.2, 0.25) is 5.02 Å². The Bertz CT molecular complexity index is 1090. The van der Waals surface area contributed by atoms with E-state index in [0.717, 1.165) is 0 Å². The molecule has 0 saturated carbocycles. The second kappa shape index (κ2) is 11.3. The molecule has 2 N–H and O–H groups in total. The maximum Gasteiger partial charge on any atom is 0.255 e. The number of anilines is 2. The van der Waals surface area contributed by atoms with E-state index in [-0.39, 0.29) is 10.9 Å². The van der Waals surface area contributed by atoms with E-state index < -0.39 is 11.7 Å². The van der Waals surface area contributed by atoms with Crippen LogP contribution >= 0.6 is 11.6 Å². The van der Waals surface area contributed by atoms with Gasteiger partial charge in [-0.25, -0.2) is 4.39 Å². The van der Waals surface area contributed by atoms with Crippen LogP contribution in [0.5, 0.6) is 5.75 Å². The number of nitrogens with one attached hydrogen (secondary N) is 2. The molecule has 2 amide bonds. The summed E-state index contributed by atoms with van der Waals surface area (Å²) in [5.41, 5.74) is 1.58. The Labute approximate surface area is 190 Å². The van der Waals surface area contributed by atoms with Crippen LogP contribution in [-0.4, -0.2) is 31.6 Å². The predicted octanol–water partition coefficient (Wildman–Crippen LogP) is 5.40. The van der Waals surface area contributed by atoms with E-state index >= 15 is 0 Å². The SMILES string of the molecule is CCOCCOc1ccc(C(=O)Nc2cccc(C(=O)Nc3ccc(F)c(Cl)c3)c2)cc1. The first-order valence-corrected chi connectivity index (χ1v) is 10.3. The Morgan fingerprint density at radius 2 is 1.56 bits per heavy atom. The van der Waals surface area contributed by atoms with Gasteiger partial charge >= 0.3 is 0 Å². The smallest absolute Gasteiger partial charge is 0.255 e. The van der Waals surface area contributed by atoms with Crippen LogP contribution < -0.4 is 15.4 Å². The van der Waals surface area contributed by atoms with Gasteiger partial charge in [0.15, 0.2) is 0 Å². The van der Waals surface area contributed by atoms with Gasteiger partial charge in [-0.15, -0.1) is 0 Å². The Balaban J connectivity index is 1.60. The zero-order valence-electron chi connectivity index (χ0n) is 17.4. The minimum atomic E-state index is -0.570. The van der Waals surface area contributed by atoms with E-state index in [4.69, 9.17) is 21.1 Å². The molecule has 32 heavy (non-hydrogen) atoms. The zero-order valence-corrected chi connectivity index (χ0v) is 18.1. The third-order valence-electron chi connectivity index (χ3n) is 4.38. The third kappa shape index (κ3) is 6.54. The van der Waals surface area contributed by atoms with Crippen LogP contribution in [0.15, 0.2) is 66.7 Å². The summed E-state index contributed by atoms with van der Waals surface area (Å²) in [5, 5.41) is 5.32. The highest BCUT2D eigenvalue weighted by molar-refractivity contribution is 6.31. The molecule has 6 nitrogen and oxygen atoms in total. The summed E-state index contributed by atoms with van der Waals surface area (Å²) in [4.78, 5) is 25.0. The van der Waals surface area contributed by atoms with Gasteiger partial charge in [0, 0.05) is 29.1 Å². The molecule has 166 valence electrons. The van der Waals surface area contributed by atoms with Gasteiger partial charge in [0.25, 0.3) is 11.8 Å². The van der Waals surface area contributed by atoms with Gasteiger partial charge in [0.2, 0.25) is 0 Å². The van der Waals surface area contributed by atoms with E-state index in [1.807, 2.05) is 6.92 Å².